The first-order valence-electron chi connectivity index (χ1n) is 5.21. The highest BCUT2D eigenvalue weighted by Gasteiger charge is 2.17. The molecule has 1 aromatic rings. The highest BCUT2D eigenvalue weighted by Crippen LogP contribution is 2.34. The van der Waals surface area contributed by atoms with Gasteiger partial charge in [-0.3, -0.25) is 0 Å². The standard InChI is InChI=1S/C11H16F2N2O3/c1-17-9-3-6(14)7(4-10(9)18-2)15-5-8(16)11(12)13/h3-4,8,11,15-16H,5,14H2,1-2H3. The number of halogens is 2. The summed E-state index contributed by atoms with van der Waals surface area (Å²) < 4.78 is 34.3. The molecule has 0 aliphatic carbocycles. The Morgan fingerprint density at radius 2 is 1.83 bits per heavy atom. The maximum Gasteiger partial charge on any atom is 0.265 e. The summed E-state index contributed by atoms with van der Waals surface area (Å²) in [6.45, 7) is -0.308. The number of aliphatic hydroxyl groups excluding tert-OH is 1. The number of anilines is 2. The molecule has 4 N–H and O–H groups in total. The van der Waals surface area contributed by atoms with Crippen molar-refractivity contribution in [2.75, 3.05) is 31.8 Å². The Balaban J connectivity index is 2.83. The topological polar surface area (TPSA) is 76.7 Å². The van der Waals surface area contributed by atoms with Crippen molar-refractivity contribution in [1.82, 2.24) is 0 Å². The third kappa shape index (κ3) is 3.36. The van der Waals surface area contributed by atoms with E-state index in [2.05, 4.69) is 5.32 Å². The fraction of sp³-hybridized carbons (Fsp3) is 0.455. The van der Waals surface area contributed by atoms with Crippen molar-refractivity contribution < 1.29 is 23.4 Å². The van der Waals surface area contributed by atoms with Gasteiger partial charge in [0.15, 0.2) is 11.5 Å². The van der Waals surface area contributed by atoms with Crippen LogP contribution in [0.4, 0.5) is 20.2 Å². The minimum absolute atomic E-state index is 0.308. The lowest BCUT2D eigenvalue weighted by Crippen LogP contribution is -2.27. The molecule has 0 aromatic heterocycles. The number of alkyl halides is 2. The molecule has 0 fully saturated rings. The molecule has 0 heterocycles. The molecule has 0 saturated heterocycles. The molecule has 7 heteroatoms. The first kappa shape index (κ1) is 14.3. The van der Waals surface area contributed by atoms with Crippen molar-refractivity contribution in [3.63, 3.8) is 0 Å². The predicted molar refractivity (Wildman–Crippen MR) is 64.5 cm³/mol. The quantitative estimate of drug-likeness (QED) is 0.674. The molecule has 1 aromatic carbocycles. The first-order valence-corrected chi connectivity index (χ1v) is 5.21. The van der Waals surface area contributed by atoms with E-state index in [-0.39, 0.29) is 6.54 Å². The van der Waals surface area contributed by atoms with Gasteiger partial charge in [0.25, 0.3) is 6.43 Å². The van der Waals surface area contributed by atoms with E-state index >= 15 is 0 Å². The van der Waals surface area contributed by atoms with Gasteiger partial charge in [0.05, 0.1) is 25.6 Å². The second kappa shape index (κ2) is 6.25. The summed E-state index contributed by atoms with van der Waals surface area (Å²) in [5, 5.41) is 11.6. The molecule has 5 nitrogen and oxygen atoms in total. The second-order valence-corrected chi connectivity index (χ2v) is 3.58. The third-order valence-corrected chi connectivity index (χ3v) is 2.35. The minimum atomic E-state index is -2.81. The Hall–Kier alpha value is -1.76. The van der Waals surface area contributed by atoms with E-state index in [1.807, 2.05) is 0 Å². The van der Waals surface area contributed by atoms with Crippen molar-refractivity contribution in [2.24, 2.45) is 0 Å². The average molecular weight is 262 g/mol. The summed E-state index contributed by atoms with van der Waals surface area (Å²) in [6, 6.07) is 3.03. The fourth-order valence-electron chi connectivity index (χ4n) is 1.35. The lowest BCUT2D eigenvalue weighted by Gasteiger charge is -2.16. The van der Waals surface area contributed by atoms with E-state index in [9.17, 15) is 8.78 Å². The molecular formula is C11H16F2N2O3. The molecule has 18 heavy (non-hydrogen) atoms. The van der Waals surface area contributed by atoms with E-state index < -0.39 is 12.5 Å². The number of hydrogen-bond donors (Lipinski definition) is 3. The Morgan fingerprint density at radius 1 is 1.28 bits per heavy atom. The predicted octanol–water partition coefficient (Wildman–Crippen LogP) is 1.32. The van der Waals surface area contributed by atoms with Crippen LogP contribution in [-0.2, 0) is 0 Å². The van der Waals surface area contributed by atoms with Gasteiger partial charge in [-0.05, 0) is 0 Å². The van der Waals surface area contributed by atoms with Crippen LogP contribution in [0.2, 0.25) is 0 Å². The summed E-state index contributed by atoms with van der Waals surface area (Å²) >= 11 is 0. The van der Waals surface area contributed by atoms with Gasteiger partial charge in [0.1, 0.15) is 6.10 Å². The van der Waals surface area contributed by atoms with Crippen molar-refractivity contribution in [2.45, 2.75) is 12.5 Å². The van der Waals surface area contributed by atoms with Gasteiger partial charge >= 0.3 is 0 Å². The van der Waals surface area contributed by atoms with Crippen LogP contribution in [0.1, 0.15) is 0 Å². The third-order valence-electron chi connectivity index (χ3n) is 2.35. The average Bonchev–Trinajstić information content (AvgIpc) is 2.36. The largest absolute Gasteiger partial charge is 0.493 e. The lowest BCUT2D eigenvalue weighted by atomic mass is 10.2. The van der Waals surface area contributed by atoms with Crippen LogP contribution >= 0.6 is 0 Å². The summed E-state index contributed by atoms with van der Waals surface area (Å²) in [5.41, 5.74) is 6.43. The minimum Gasteiger partial charge on any atom is -0.493 e. The number of nitrogen functional groups attached to an aromatic ring is 1. The zero-order valence-corrected chi connectivity index (χ0v) is 10.1. The number of nitrogens with two attached hydrogens (primary N) is 1. The molecule has 0 bridgehead atoms. The summed E-state index contributed by atoms with van der Waals surface area (Å²) in [5.74, 6) is 0.857. The van der Waals surface area contributed by atoms with E-state index in [1.54, 1.807) is 0 Å². The van der Waals surface area contributed by atoms with Gasteiger partial charge in [-0.1, -0.05) is 0 Å². The highest BCUT2D eigenvalue weighted by molar-refractivity contribution is 5.72. The van der Waals surface area contributed by atoms with Crippen molar-refractivity contribution in [3.8, 4) is 11.5 Å². The van der Waals surface area contributed by atoms with Crippen LogP contribution in [-0.4, -0.2) is 38.4 Å². The molecule has 0 aliphatic rings. The summed E-state index contributed by atoms with van der Waals surface area (Å²) in [4.78, 5) is 0. The van der Waals surface area contributed by atoms with Crippen LogP contribution in [0.25, 0.3) is 0 Å². The Kier molecular flexibility index (Phi) is 4.96. The first-order chi connectivity index (χ1) is 8.49. The number of methoxy groups -OCH3 is 2. The molecule has 0 aliphatic heterocycles. The summed E-state index contributed by atoms with van der Waals surface area (Å²) in [7, 11) is 2.91. The highest BCUT2D eigenvalue weighted by atomic mass is 19.3. The molecular weight excluding hydrogens is 246 g/mol. The van der Waals surface area contributed by atoms with Crippen LogP contribution in [0.3, 0.4) is 0 Å². The van der Waals surface area contributed by atoms with Gasteiger partial charge in [-0.25, -0.2) is 8.78 Å². The molecule has 102 valence electrons. The number of aliphatic hydroxyl groups is 1. The van der Waals surface area contributed by atoms with Crippen molar-refractivity contribution >= 4 is 11.4 Å². The number of hydrogen-bond acceptors (Lipinski definition) is 5. The smallest absolute Gasteiger partial charge is 0.265 e. The lowest BCUT2D eigenvalue weighted by molar-refractivity contribution is 0.00385. The van der Waals surface area contributed by atoms with Gasteiger partial charge in [0, 0.05) is 18.7 Å². The second-order valence-electron chi connectivity index (χ2n) is 3.58. The van der Waals surface area contributed by atoms with E-state index in [4.69, 9.17) is 20.3 Å². The van der Waals surface area contributed by atoms with Crippen molar-refractivity contribution in [3.05, 3.63) is 12.1 Å². The fourth-order valence-corrected chi connectivity index (χ4v) is 1.35. The van der Waals surface area contributed by atoms with E-state index in [1.165, 1.54) is 26.4 Å². The van der Waals surface area contributed by atoms with Crippen LogP contribution in [0.15, 0.2) is 12.1 Å². The maximum absolute atomic E-state index is 12.1. The number of ether oxygens (including phenoxy) is 2. The number of nitrogens with one attached hydrogen (secondary N) is 1. The normalized spacial score (nSPS) is 12.3. The molecule has 1 rings (SSSR count). The molecule has 0 spiro atoms. The van der Waals surface area contributed by atoms with Gasteiger partial charge in [-0.2, -0.15) is 0 Å². The Labute approximate surface area is 103 Å². The van der Waals surface area contributed by atoms with Gasteiger partial charge < -0.3 is 25.6 Å². The number of rotatable bonds is 6. The van der Waals surface area contributed by atoms with Gasteiger partial charge in [0.2, 0.25) is 0 Å². The zero-order valence-electron chi connectivity index (χ0n) is 10.1. The molecule has 1 atom stereocenters. The molecule has 0 radical (unpaired) electrons. The van der Waals surface area contributed by atoms with Crippen LogP contribution in [0, 0.1) is 0 Å². The zero-order chi connectivity index (χ0) is 13.7. The SMILES string of the molecule is COc1cc(N)c(NCC(O)C(F)F)cc1OC. The Bertz CT molecular complexity index is 402. The molecule has 1 unspecified atom stereocenters. The summed E-state index contributed by atoms with van der Waals surface area (Å²) in [6.07, 6.45) is -4.56. The van der Waals surface area contributed by atoms with Crippen LogP contribution < -0.4 is 20.5 Å². The monoisotopic (exact) mass is 262 g/mol. The molecule has 0 saturated carbocycles. The van der Waals surface area contributed by atoms with E-state index in [0.717, 1.165) is 0 Å². The van der Waals surface area contributed by atoms with Gasteiger partial charge in [-0.15, -0.1) is 0 Å². The van der Waals surface area contributed by atoms with Crippen molar-refractivity contribution in [1.29, 1.82) is 0 Å². The van der Waals surface area contributed by atoms with Crippen LogP contribution in [0.5, 0.6) is 11.5 Å². The maximum atomic E-state index is 12.1. The van der Waals surface area contributed by atoms with E-state index in [0.29, 0.717) is 22.9 Å². The number of benzene rings is 1. The Morgan fingerprint density at radius 3 is 2.33 bits per heavy atom. The molecule has 0 amide bonds.